The summed E-state index contributed by atoms with van der Waals surface area (Å²) in [4.78, 5) is 22.1. The van der Waals surface area contributed by atoms with Crippen LogP contribution in [0.5, 0.6) is 0 Å². The Bertz CT molecular complexity index is 778. The molecule has 25 heavy (non-hydrogen) atoms. The van der Waals surface area contributed by atoms with Gasteiger partial charge in [0.1, 0.15) is 11.6 Å². The molecular weight excluding hydrogens is 318 g/mol. The fourth-order valence-electron chi connectivity index (χ4n) is 3.36. The fraction of sp³-hybridized carbons (Fsp3) is 0.444. The molecule has 7 heteroatoms. The molecule has 1 aliphatic heterocycles. The van der Waals surface area contributed by atoms with E-state index in [0.29, 0.717) is 18.5 Å². The molecular formula is C18H21N5O2. The van der Waals surface area contributed by atoms with Crippen molar-refractivity contribution in [1.29, 1.82) is 0 Å². The number of benzene rings is 1. The van der Waals surface area contributed by atoms with E-state index in [9.17, 15) is 10.1 Å². The van der Waals surface area contributed by atoms with E-state index in [1.54, 1.807) is 12.1 Å². The maximum Gasteiger partial charge on any atom is 0.273 e. The Labute approximate surface area is 146 Å². The number of anilines is 1. The number of nitrogens with zero attached hydrogens (tertiary/aromatic N) is 4. The molecule has 2 fully saturated rings. The first-order valence-corrected chi connectivity index (χ1v) is 8.73. The van der Waals surface area contributed by atoms with Gasteiger partial charge in [-0.1, -0.05) is 18.2 Å². The largest absolute Gasteiger partial charge is 0.366 e. The molecule has 1 N–H and O–H groups in total. The minimum Gasteiger partial charge on any atom is -0.366 e. The lowest BCUT2D eigenvalue weighted by molar-refractivity contribution is -0.385. The van der Waals surface area contributed by atoms with Gasteiger partial charge in [-0.05, 0) is 25.3 Å². The Morgan fingerprint density at radius 2 is 2.08 bits per heavy atom. The molecule has 1 atom stereocenters. The molecule has 0 spiro atoms. The maximum absolute atomic E-state index is 11.2. The molecule has 2 heterocycles. The maximum atomic E-state index is 11.2. The zero-order valence-corrected chi connectivity index (χ0v) is 14.0. The predicted octanol–water partition coefficient (Wildman–Crippen LogP) is 2.95. The zero-order valence-electron chi connectivity index (χ0n) is 14.0. The van der Waals surface area contributed by atoms with Crippen molar-refractivity contribution in [1.82, 2.24) is 14.9 Å². The molecule has 1 aromatic carbocycles. The Balaban J connectivity index is 1.37. The van der Waals surface area contributed by atoms with Crippen LogP contribution in [0.1, 0.15) is 36.6 Å². The molecule has 0 amide bonds. The first kappa shape index (κ1) is 16.0. The molecule has 2 aromatic rings. The highest BCUT2D eigenvalue weighted by molar-refractivity contribution is 5.40. The van der Waals surface area contributed by atoms with Gasteiger partial charge in [0.05, 0.1) is 4.92 Å². The smallest absolute Gasteiger partial charge is 0.273 e. The van der Waals surface area contributed by atoms with Crippen LogP contribution in [0.3, 0.4) is 0 Å². The van der Waals surface area contributed by atoms with Gasteiger partial charge in [-0.2, -0.15) is 0 Å². The van der Waals surface area contributed by atoms with Gasteiger partial charge >= 0.3 is 0 Å². The van der Waals surface area contributed by atoms with Crippen LogP contribution in [0.4, 0.5) is 11.5 Å². The van der Waals surface area contributed by atoms with Crippen LogP contribution in [0.25, 0.3) is 0 Å². The molecule has 1 aliphatic carbocycles. The third kappa shape index (κ3) is 3.76. The molecule has 0 radical (unpaired) electrons. The van der Waals surface area contributed by atoms with Crippen molar-refractivity contribution < 1.29 is 4.92 Å². The van der Waals surface area contributed by atoms with Gasteiger partial charge in [0.15, 0.2) is 0 Å². The number of hydrogen-bond donors (Lipinski definition) is 1. The summed E-state index contributed by atoms with van der Waals surface area (Å²) in [6.45, 7) is 2.38. The number of nitrogens with one attached hydrogen (secondary N) is 1. The predicted molar refractivity (Wildman–Crippen MR) is 94.4 cm³/mol. The number of para-hydroxylation sites is 1. The van der Waals surface area contributed by atoms with E-state index in [1.807, 2.05) is 24.4 Å². The van der Waals surface area contributed by atoms with Crippen molar-refractivity contribution in [3.63, 3.8) is 0 Å². The second-order valence-electron chi connectivity index (χ2n) is 6.83. The van der Waals surface area contributed by atoms with Crippen LogP contribution >= 0.6 is 0 Å². The monoisotopic (exact) mass is 339 g/mol. The van der Waals surface area contributed by atoms with E-state index < -0.39 is 0 Å². The van der Waals surface area contributed by atoms with E-state index in [0.717, 1.165) is 36.7 Å². The Morgan fingerprint density at radius 1 is 1.24 bits per heavy atom. The van der Waals surface area contributed by atoms with Crippen LogP contribution < -0.4 is 5.32 Å². The molecule has 130 valence electrons. The lowest BCUT2D eigenvalue weighted by Crippen LogP contribution is -2.26. The molecule has 1 saturated heterocycles. The van der Waals surface area contributed by atoms with Crippen LogP contribution in [0.15, 0.2) is 36.5 Å². The summed E-state index contributed by atoms with van der Waals surface area (Å²) in [6.07, 6.45) is 5.21. The van der Waals surface area contributed by atoms with Gasteiger partial charge < -0.3 is 5.32 Å². The zero-order chi connectivity index (χ0) is 17.2. The normalized spacial score (nSPS) is 20.6. The summed E-state index contributed by atoms with van der Waals surface area (Å²) in [5.74, 6) is 2.37. The van der Waals surface area contributed by atoms with Crippen LogP contribution in [-0.4, -0.2) is 38.9 Å². The first-order chi connectivity index (χ1) is 12.2. The number of hydrogen-bond acceptors (Lipinski definition) is 6. The van der Waals surface area contributed by atoms with E-state index >= 15 is 0 Å². The molecule has 7 nitrogen and oxygen atoms in total. The highest BCUT2D eigenvalue weighted by atomic mass is 16.6. The Kier molecular flexibility index (Phi) is 4.31. The van der Waals surface area contributed by atoms with E-state index in [-0.39, 0.29) is 10.6 Å². The molecule has 1 aromatic heterocycles. The van der Waals surface area contributed by atoms with Gasteiger partial charge in [-0.15, -0.1) is 0 Å². The van der Waals surface area contributed by atoms with Crippen molar-refractivity contribution in [2.45, 2.75) is 37.8 Å². The van der Waals surface area contributed by atoms with Gasteiger partial charge in [-0.3, -0.25) is 15.0 Å². The standard InChI is InChI=1S/C18H21N5O2/c24-23(25)16-4-2-1-3-14(16)11-22-10-8-15(12-22)20-17-7-9-19-18(21-17)13-5-6-13/h1-4,7,9,13,15H,5-6,8,10-12H2,(H,19,20,21). The minimum atomic E-state index is -0.304. The average Bonchev–Trinajstić information content (AvgIpc) is 3.38. The van der Waals surface area contributed by atoms with Crippen molar-refractivity contribution in [3.05, 3.63) is 58.0 Å². The topological polar surface area (TPSA) is 84.2 Å². The fourth-order valence-corrected chi connectivity index (χ4v) is 3.36. The SMILES string of the molecule is O=[N+]([O-])c1ccccc1CN1CCC(Nc2ccnc(C3CC3)n2)C1. The number of nitro groups is 1. The van der Waals surface area contributed by atoms with Crippen molar-refractivity contribution in [2.75, 3.05) is 18.4 Å². The van der Waals surface area contributed by atoms with E-state index in [2.05, 4.69) is 20.2 Å². The summed E-state index contributed by atoms with van der Waals surface area (Å²) >= 11 is 0. The number of likely N-dealkylation sites (tertiary alicyclic amines) is 1. The van der Waals surface area contributed by atoms with Gasteiger partial charge in [0.25, 0.3) is 5.69 Å². The molecule has 0 bridgehead atoms. The second kappa shape index (κ2) is 6.76. The molecule has 2 aliphatic rings. The lowest BCUT2D eigenvalue weighted by atomic mass is 10.1. The van der Waals surface area contributed by atoms with Crippen molar-refractivity contribution in [3.8, 4) is 0 Å². The Morgan fingerprint density at radius 3 is 2.88 bits per heavy atom. The average molecular weight is 339 g/mol. The molecule has 1 unspecified atom stereocenters. The summed E-state index contributed by atoms with van der Waals surface area (Å²) < 4.78 is 0. The van der Waals surface area contributed by atoms with Gasteiger partial charge in [0, 0.05) is 49.4 Å². The summed E-state index contributed by atoms with van der Waals surface area (Å²) in [6, 6.07) is 9.20. The second-order valence-corrected chi connectivity index (χ2v) is 6.83. The van der Waals surface area contributed by atoms with Gasteiger partial charge in [-0.25, -0.2) is 9.97 Å². The highest BCUT2D eigenvalue weighted by Gasteiger charge is 2.28. The summed E-state index contributed by atoms with van der Waals surface area (Å²) in [7, 11) is 0. The summed E-state index contributed by atoms with van der Waals surface area (Å²) in [5, 5.41) is 14.6. The van der Waals surface area contributed by atoms with Crippen LogP contribution in [0.2, 0.25) is 0 Å². The number of nitro benzene ring substituents is 1. The Hall–Kier alpha value is -2.54. The van der Waals surface area contributed by atoms with E-state index in [4.69, 9.17) is 0 Å². The third-order valence-corrected chi connectivity index (χ3v) is 4.82. The third-order valence-electron chi connectivity index (χ3n) is 4.82. The van der Waals surface area contributed by atoms with Crippen molar-refractivity contribution >= 4 is 11.5 Å². The number of aromatic nitrogens is 2. The van der Waals surface area contributed by atoms with Crippen LogP contribution in [0, 0.1) is 10.1 Å². The molecule has 1 saturated carbocycles. The summed E-state index contributed by atoms with van der Waals surface area (Å²) in [5.41, 5.74) is 0.968. The van der Waals surface area contributed by atoms with E-state index in [1.165, 1.54) is 12.8 Å². The van der Waals surface area contributed by atoms with Gasteiger partial charge in [0.2, 0.25) is 0 Å². The lowest BCUT2D eigenvalue weighted by Gasteiger charge is -2.17. The van der Waals surface area contributed by atoms with Crippen molar-refractivity contribution in [2.24, 2.45) is 0 Å². The molecule has 4 rings (SSSR count). The highest BCUT2D eigenvalue weighted by Crippen LogP contribution is 2.38. The number of rotatable bonds is 6. The minimum absolute atomic E-state index is 0.198. The quantitative estimate of drug-likeness (QED) is 0.643. The van der Waals surface area contributed by atoms with Crippen LogP contribution in [-0.2, 0) is 6.54 Å². The first-order valence-electron chi connectivity index (χ1n) is 8.73.